The van der Waals surface area contributed by atoms with Gasteiger partial charge in [-0.3, -0.25) is 0 Å². The Labute approximate surface area is 143 Å². The van der Waals surface area contributed by atoms with E-state index in [0.717, 1.165) is 11.3 Å². The standard InChI is InChI=1S/C17H14Cl2FN3/c18-12-5-6-13(14(19)7-12)17-16(8-21)23(10-22-17)9-11-3-1-2-4-15(11)20/h1-7,10H,8-9,21H2. The first-order valence-corrected chi connectivity index (χ1v) is 7.78. The van der Waals surface area contributed by atoms with E-state index in [1.165, 1.54) is 6.07 Å². The van der Waals surface area contributed by atoms with Crippen molar-refractivity contribution in [2.75, 3.05) is 0 Å². The van der Waals surface area contributed by atoms with Crippen molar-refractivity contribution in [3.63, 3.8) is 0 Å². The lowest BCUT2D eigenvalue weighted by atomic mass is 10.1. The van der Waals surface area contributed by atoms with E-state index < -0.39 is 0 Å². The van der Waals surface area contributed by atoms with E-state index in [2.05, 4.69) is 4.98 Å². The van der Waals surface area contributed by atoms with Crippen molar-refractivity contribution in [2.24, 2.45) is 5.73 Å². The van der Waals surface area contributed by atoms with Gasteiger partial charge in [-0.05, 0) is 24.3 Å². The molecule has 23 heavy (non-hydrogen) atoms. The first kappa shape index (κ1) is 16.0. The van der Waals surface area contributed by atoms with E-state index in [4.69, 9.17) is 28.9 Å². The van der Waals surface area contributed by atoms with Crippen LogP contribution in [0.5, 0.6) is 0 Å². The molecule has 1 aromatic heterocycles. The van der Waals surface area contributed by atoms with Crippen molar-refractivity contribution in [3.8, 4) is 11.3 Å². The SMILES string of the molecule is NCc1c(-c2ccc(Cl)cc2Cl)ncn1Cc1ccccc1F. The lowest BCUT2D eigenvalue weighted by Gasteiger charge is -2.10. The molecule has 0 bridgehead atoms. The Morgan fingerprint density at radius 2 is 1.91 bits per heavy atom. The molecule has 2 aromatic carbocycles. The van der Waals surface area contributed by atoms with E-state index >= 15 is 0 Å². The normalized spacial score (nSPS) is 11.0. The minimum Gasteiger partial charge on any atom is -0.328 e. The van der Waals surface area contributed by atoms with E-state index in [-0.39, 0.29) is 12.4 Å². The van der Waals surface area contributed by atoms with Crippen molar-refractivity contribution in [1.82, 2.24) is 9.55 Å². The third kappa shape index (κ3) is 3.24. The van der Waals surface area contributed by atoms with E-state index in [1.54, 1.807) is 42.7 Å². The Hall–Kier alpha value is -1.88. The van der Waals surface area contributed by atoms with Crippen molar-refractivity contribution >= 4 is 23.2 Å². The lowest BCUT2D eigenvalue weighted by Crippen LogP contribution is -2.09. The van der Waals surface area contributed by atoms with Gasteiger partial charge < -0.3 is 10.3 Å². The van der Waals surface area contributed by atoms with Crippen molar-refractivity contribution < 1.29 is 4.39 Å². The summed E-state index contributed by atoms with van der Waals surface area (Å²) in [6.07, 6.45) is 1.65. The Morgan fingerprint density at radius 1 is 1.13 bits per heavy atom. The maximum atomic E-state index is 13.8. The highest BCUT2D eigenvalue weighted by Gasteiger charge is 2.15. The molecule has 0 saturated heterocycles. The van der Waals surface area contributed by atoms with Crippen LogP contribution >= 0.6 is 23.2 Å². The number of imidazole rings is 1. The number of aromatic nitrogens is 2. The molecule has 0 radical (unpaired) electrons. The van der Waals surface area contributed by atoms with Crippen LogP contribution in [-0.2, 0) is 13.1 Å². The zero-order valence-corrected chi connectivity index (χ0v) is 13.7. The van der Waals surface area contributed by atoms with Gasteiger partial charge in [0.1, 0.15) is 5.82 Å². The average molecular weight is 350 g/mol. The monoisotopic (exact) mass is 349 g/mol. The van der Waals surface area contributed by atoms with Crippen LogP contribution < -0.4 is 5.73 Å². The number of rotatable bonds is 4. The average Bonchev–Trinajstić information content (AvgIpc) is 2.92. The predicted molar refractivity (Wildman–Crippen MR) is 91.1 cm³/mol. The third-order valence-corrected chi connectivity index (χ3v) is 4.17. The summed E-state index contributed by atoms with van der Waals surface area (Å²) in [4.78, 5) is 4.41. The molecule has 0 fully saturated rings. The van der Waals surface area contributed by atoms with Gasteiger partial charge in [0, 0.05) is 22.7 Å². The molecular weight excluding hydrogens is 336 g/mol. The molecular formula is C17H14Cl2FN3. The summed E-state index contributed by atoms with van der Waals surface area (Å²) in [6.45, 7) is 0.625. The van der Waals surface area contributed by atoms with Crippen molar-refractivity contribution in [1.29, 1.82) is 0 Å². The summed E-state index contributed by atoms with van der Waals surface area (Å²) >= 11 is 12.2. The van der Waals surface area contributed by atoms with E-state index in [9.17, 15) is 4.39 Å². The molecule has 118 valence electrons. The Balaban J connectivity index is 2.02. The summed E-state index contributed by atoms with van der Waals surface area (Å²) in [5.41, 5.74) is 8.69. The predicted octanol–water partition coefficient (Wildman–Crippen LogP) is 4.50. The fraction of sp³-hybridized carbons (Fsp3) is 0.118. The molecule has 3 nitrogen and oxygen atoms in total. The van der Waals surface area contributed by atoms with Crippen LogP contribution in [0.3, 0.4) is 0 Å². The smallest absolute Gasteiger partial charge is 0.128 e. The summed E-state index contributed by atoms with van der Waals surface area (Å²) in [7, 11) is 0. The highest BCUT2D eigenvalue weighted by atomic mass is 35.5. The number of nitrogens with two attached hydrogens (primary N) is 1. The second kappa shape index (κ2) is 6.71. The van der Waals surface area contributed by atoms with Gasteiger partial charge in [-0.2, -0.15) is 0 Å². The minimum atomic E-state index is -0.254. The molecule has 0 aliphatic rings. The maximum Gasteiger partial charge on any atom is 0.128 e. The largest absolute Gasteiger partial charge is 0.328 e. The van der Waals surface area contributed by atoms with Crippen LogP contribution in [0.1, 0.15) is 11.3 Å². The second-order valence-corrected chi connectivity index (χ2v) is 5.93. The van der Waals surface area contributed by atoms with Crippen LogP contribution in [0.2, 0.25) is 10.0 Å². The van der Waals surface area contributed by atoms with Gasteiger partial charge >= 0.3 is 0 Å². The summed E-state index contributed by atoms with van der Waals surface area (Å²) < 4.78 is 15.7. The minimum absolute atomic E-state index is 0.254. The molecule has 0 atom stereocenters. The fourth-order valence-corrected chi connectivity index (χ4v) is 2.97. The van der Waals surface area contributed by atoms with Crippen LogP contribution in [0.25, 0.3) is 11.3 Å². The van der Waals surface area contributed by atoms with E-state index in [1.807, 2.05) is 4.57 Å². The molecule has 6 heteroatoms. The zero-order valence-electron chi connectivity index (χ0n) is 12.1. The summed E-state index contributed by atoms with van der Waals surface area (Å²) in [5, 5.41) is 1.06. The Bertz CT molecular complexity index is 846. The van der Waals surface area contributed by atoms with Gasteiger partial charge in [0.2, 0.25) is 0 Å². The van der Waals surface area contributed by atoms with Gasteiger partial charge in [0.15, 0.2) is 0 Å². The Morgan fingerprint density at radius 3 is 2.61 bits per heavy atom. The quantitative estimate of drug-likeness (QED) is 0.753. The maximum absolute atomic E-state index is 13.8. The number of benzene rings is 2. The van der Waals surface area contributed by atoms with Crippen LogP contribution in [0.15, 0.2) is 48.8 Å². The number of hydrogen-bond acceptors (Lipinski definition) is 2. The molecule has 0 spiro atoms. The number of hydrogen-bond donors (Lipinski definition) is 1. The van der Waals surface area contributed by atoms with Crippen LogP contribution in [-0.4, -0.2) is 9.55 Å². The molecule has 0 aliphatic carbocycles. The molecule has 0 unspecified atom stereocenters. The van der Waals surface area contributed by atoms with Crippen molar-refractivity contribution in [2.45, 2.75) is 13.1 Å². The highest BCUT2D eigenvalue weighted by molar-refractivity contribution is 6.36. The zero-order chi connectivity index (χ0) is 16.4. The van der Waals surface area contributed by atoms with Crippen LogP contribution in [0.4, 0.5) is 4.39 Å². The van der Waals surface area contributed by atoms with Crippen LogP contribution in [0, 0.1) is 5.82 Å². The fourth-order valence-electron chi connectivity index (χ4n) is 2.47. The van der Waals surface area contributed by atoms with E-state index in [0.29, 0.717) is 27.8 Å². The highest BCUT2D eigenvalue weighted by Crippen LogP contribution is 2.31. The summed E-state index contributed by atoms with van der Waals surface area (Å²) in [6, 6.07) is 11.9. The lowest BCUT2D eigenvalue weighted by molar-refractivity contribution is 0.595. The first-order valence-electron chi connectivity index (χ1n) is 7.03. The van der Waals surface area contributed by atoms with Crippen molar-refractivity contribution in [3.05, 3.63) is 75.9 Å². The Kier molecular flexibility index (Phi) is 4.66. The molecule has 3 aromatic rings. The third-order valence-electron chi connectivity index (χ3n) is 3.62. The van der Waals surface area contributed by atoms with Gasteiger partial charge in [0.05, 0.1) is 29.3 Å². The molecule has 0 saturated carbocycles. The molecule has 3 rings (SSSR count). The van der Waals surface area contributed by atoms with Gasteiger partial charge in [0.25, 0.3) is 0 Å². The first-order chi connectivity index (χ1) is 11.1. The topological polar surface area (TPSA) is 43.8 Å². The summed E-state index contributed by atoms with van der Waals surface area (Å²) in [5.74, 6) is -0.254. The molecule has 0 amide bonds. The number of nitrogens with zero attached hydrogens (tertiary/aromatic N) is 2. The van der Waals surface area contributed by atoms with Gasteiger partial charge in [-0.1, -0.05) is 41.4 Å². The van der Waals surface area contributed by atoms with Gasteiger partial charge in [-0.25, -0.2) is 9.37 Å². The van der Waals surface area contributed by atoms with Gasteiger partial charge in [-0.15, -0.1) is 0 Å². The second-order valence-electron chi connectivity index (χ2n) is 5.09. The molecule has 2 N–H and O–H groups in total. The molecule has 1 heterocycles. The number of halogens is 3. The molecule has 0 aliphatic heterocycles.